The topological polar surface area (TPSA) is 55.6 Å². The molecule has 3 heterocycles. The fraction of sp³-hybridized carbons (Fsp3) is 0.375. The molecule has 1 saturated heterocycles. The molecule has 0 bridgehead atoms. The van der Waals surface area contributed by atoms with Crippen molar-refractivity contribution in [2.45, 2.75) is 39.4 Å². The van der Waals surface area contributed by atoms with Gasteiger partial charge in [-0.25, -0.2) is 9.37 Å². The molecule has 6 nitrogen and oxygen atoms in total. The van der Waals surface area contributed by atoms with E-state index in [1.54, 1.807) is 0 Å². The zero-order valence-corrected chi connectivity index (χ0v) is 18.9. The Morgan fingerprint density at radius 1 is 1.12 bits per heavy atom. The second-order valence-electron chi connectivity index (χ2n) is 8.23. The summed E-state index contributed by atoms with van der Waals surface area (Å²) in [4.78, 5) is 7.03. The van der Waals surface area contributed by atoms with Gasteiger partial charge in [0.2, 0.25) is 0 Å². The highest BCUT2D eigenvalue weighted by atomic mass is 35.5. The molecule has 8 heteroatoms. The van der Waals surface area contributed by atoms with Crippen molar-refractivity contribution in [3.63, 3.8) is 0 Å². The maximum absolute atomic E-state index is 13.5. The molecule has 1 fully saturated rings. The smallest absolute Gasteiger partial charge is 0.183 e. The predicted molar refractivity (Wildman–Crippen MR) is 124 cm³/mol. The number of alkyl halides is 1. The fourth-order valence-corrected chi connectivity index (χ4v) is 4.54. The van der Waals surface area contributed by atoms with E-state index >= 15 is 0 Å². The quantitative estimate of drug-likeness (QED) is 0.413. The minimum absolute atomic E-state index is 0.566. The average Bonchev–Trinajstić information content (AvgIpc) is 3.23. The Morgan fingerprint density at radius 3 is 2.72 bits per heavy atom. The molecular weight excluding hydrogens is 429 g/mol. The highest BCUT2D eigenvalue weighted by Gasteiger charge is 2.20. The number of likely N-dealkylation sites (tertiary alicyclic amines) is 1. The molecule has 0 unspecified atom stereocenters. The van der Waals surface area contributed by atoms with Gasteiger partial charge in [0.1, 0.15) is 11.9 Å². The van der Waals surface area contributed by atoms with Gasteiger partial charge in [-0.15, -0.1) is 10.2 Å². The van der Waals surface area contributed by atoms with Gasteiger partial charge >= 0.3 is 0 Å². The number of fused-ring (bicyclic) bond motifs is 3. The van der Waals surface area contributed by atoms with E-state index in [9.17, 15) is 4.39 Å². The van der Waals surface area contributed by atoms with Gasteiger partial charge in [-0.05, 0) is 62.6 Å². The van der Waals surface area contributed by atoms with Crippen molar-refractivity contribution >= 4 is 28.3 Å². The van der Waals surface area contributed by atoms with Crippen LogP contribution >= 0.6 is 11.6 Å². The minimum atomic E-state index is -0.675. The van der Waals surface area contributed by atoms with Crippen LogP contribution in [0.4, 0.5) is 4.39 Å². The maximum atomic E-state index is 13.5. The fourth-order valence-electron chi connectivity index (χ4n) is 4.34. The van der Waals surface area contributed by atoms with Gasteiger partial charge < -0.3 is 4.74 Å². The third-order valence-corrected chi connectivity index (χ3v) is 6.30. The Kier molecular flexibility index (Phi) is 5.69. The molecule has 0 amide bonds. The zero-order chi connectivity index (χ0) is 22.2. The molecule has 0 radical (unpaired) electrons. The monoisotopic (exact) mass is 453 g/mol. The van der Waals surface area contributed by atoms with Crippen molar-refractivity contribution in [1.82, 2.24) is 24.5 Å². The summed E-state index contributed by atoms with van der Waals surface area (Å²) in [5.74, 6) is 1.38. The number of aryl methyl sites for hydroxylation is 1. The first-order valence-electron chi connectivity index (χ1n) is 11.0. The van der Waals surface area contributed by atoms with Gasteiger partial charge in [0.25, 0.3) is 0 Å². The van der Waals surface area contributed by atoms with Crippen LogP contribution in [0.15, 0.2) is 36.4 Å². The first kappa shape index (κ1) is 21.1. The van der Waals surface area contributed by atoms with Crippen LogP contribution < -0.4 is 4.74 Å². The van der Waals surface area contributed by atoms with Gasteiger partial charge in [0, 0.05) is 25.2 Å². The number of ether oxygens (including phenoxy) is 1. The van der Waals surface area contributed by atoms with E-state index in [0.29, 0.717) is 35.9 Å². The Hall–Kier alpha value is -2.77. The van der Waals surface area contributed by atoms with Crippen LogP contribution in [0.2, 0.25) is 5.02 Å². The number of piperidine rings is 1. The van der Waals surface area contributed by atoms with E-state index in [-0.39, 0.29) is 0 Å². The van der Waals surface area contributed by atoms with E-state index in [1.807, 2.05) is 42.5 Å². The summed E-state index contributed by atoms with van der Waals surface area (Å²) in [6.45, 7) is 6.77. The highest BCUT2D eigenvalue weighted by molar-refractivity contribution is 6.33. The van der Waals surface area contributed by atoms with Crippen LogP contribution in [0, 0.1) is 6.92 Å². The molecule has 0 atom stereocenters. The number of nitrogens with zero attached hydrogens (tertiary/aromatic N) is 5. The second-order valence-corrected chi connectivity index (χ2v) is 8.64. The first-order chi connectivity index (χ1) is 15.5. The van der Waals surface area contributed by atoms with Crippen LogP contribution in [-0.2, 0) is 6.54 Å². The highest BCUT2D eigenvalue weighted by Crippen LogP contribution is 2.33. The Bertz CT molecular complexity index is 1280. The Balaban J connectivity index is 1.63. The Labute approximate surface area is 191 Å². The molecule has 4 aromatic rings. The molecule has 166 valence electrons. The minimum Gasteiger partial charge on any atom is -0.494 e. The van der Waals surface area contributed by atoms with Crippen LogP contribution in [0.3, 0.4) is 0 Å². The van der Waals surface area contributed by atoms with Crippen LogP contribution in [0.5, 0.6) is 5.75 Å². The second kappa shape index (κ2) is 8.64. The lowest BCUT2D eigenvalue weighted by Crippen LogP contribution is -2.33. The summed E-state index contributed by atoms with van der Waals surface area (Å²) >= 11 is 6.56. The summed E-state index contributed by atoms with van der Waals surface area (Å²) in [5, 5.41) is 9.47. The maximum Gasteiger partial charge on any atom is 0.183 e. The summed E-state index contributed by atoms with van der Waals surface area (Å²) < 4.78 is 21.2. The van der Waals surface area contributed by atoms with E-state index in [1.165, 1.54) is 0 Å². The van der Waals surface area contributed by atoms with Gasteiger partial charge in [-0.3, -0.25) is 9.30 Å². The van der Waals surface area contributed by atoms with Gasteiger partial charge in [0.05, 0.1) is 28.4 Å². The molecule has 32 heavy (non-hydrogen) atoms. The Morgan fingerprint density at radius 2 is 1.94 bits per heavy atom. The molecule has 0 saturated carbocycles. The average molecular weight is 454 g/mol. The molecule has 0 spiro atoms. The van der Waals surface area contributed by atoms with Crippen molar-refractivity contribution in [3.05, 3.63) is 52.7 Å². The predicted octanol–water partition coefficient (Wildman–Crippen LogP) is 5.24. The third kappa shape index (κ3) is 3.91. The lowest BCUT2D eigenvalue weighted by atomic mass is 10.1. The number of hydrogen-bond acceptors (Lipinski definition) is 5. The lowest BCUT2D eigenvalue weighted by Gasteiger charge is -2.28. The third-order valence-electron chi connectivity index (χ3n) is 5.97. The largest absolute Gasteiger partial charge is 0.494 e. The molecule has 1 aliphatic heterocycles. The molecule has 5 rings (SSSR count). The normalized spacial score (nSPS) is 15.6. The van der Waals surface area contributed by atoms with Crippen molar-refractivity contribution in [1.29, 1.82) is 0 Å². The molecule has 0 aliphatic carbocycles. The van der Waals surface area contributed by atoms with Crippen molar-refractivity contribution < 1.29 is 9.13 Å². The summed E-state index contributed by atoms with van der Waals surface area (Å²) in [6.07, 6.45) is 0.525. The lowest BCUT2D eigenvalue weighted by molar-refractivity contribution is 0.145. The van der Waals surface area contributed by atoms with Crippen LogP contribution in [0.25, 0.3) is 28.1 Å². The number of benzene rings is 2. The van der Waals surface area contributed by atoms with Gasteiger partial charge in [0.15, 0.2) is 11.5 Å². The number of hydrogen-bond donors (Lipinski definition) is 0. The molecule has 2 aromatic carbocycles. The van der Waals surface area contributed by atoms with E-state index < -0.39 is 6.17 Å². The van der Waals surface area contributed by atoms with E-state index in [0.717, 1.165) is 53.2 Å². The molecule has 1 aliphatic rings. The van der Waals surface area contributed by atoms with Crippen molar-refractivity contribution in [3.8, 4) is 17.1 Å². The van der Waals surface area contributed by atoms with Crippen LogP contribution in [0.1, 0.15) is 31.0 Å². The number of halogens is 2. The molecule has 0 N–H and O–H groups in total. The summed E-state index contributed by atoms with van der Waals surface area (Å²) in [7, 11) is 0. The summed E-state index contributed by atoms with van der Waals surface area (Å²) in [6, 6.07) is 11.8. The standard InChI is InChI=1S/C24H25ClFN5O/c1-3-32-18-5-6-20(25)19(13-18)24-29-28-23-15(2)27-21-7-4-16(12-22(21)31(23)24)14-30-10-8-17(26)9-11-30/h4-7,12-13,17H,3,8-11,14H2,1-2H3. The first-order valence-corrected chi connectivity index (χ1v) is 11.3. The van der Waals surface area contributed by atoms with Gasteiger partial charge in [-0.2, -0.15) is 0 Å². The summed E-state index contributed by atoms with van der Waals surface area (Å²) in [5.41, 5.74) is 5.18. The number of aromatic nitrogens is 4. The SMILES string of the molecule is CCOc1ccc(Cl)c(-c2nnc3c(C)nc4ccc(CN5CCC(F)CC5)cc4n23)c1. The van der Waals surface area contributed by atoms with Gasteiger partial charge in [-0.1, -0.05) is 17.7 Å². The van der Waals surface area contributed by atoms with E-state index in [4.69, 9.17) is 21.3 Å². The van der Waals surface area contributed by atoms with E-state index in [2.05, 4.69) is 27.2 Å². The van der Waals surface area contributed by atoms with Crippen molar-refractivity contribution in [2.75, 3.05) is 19.7 Å². The number of rotatable bonds is 5. The molecular formula is C24H25ClFN5O. The van der Waals surface area contributed by atoms with Crippen LogP contribution in [-0.4, -0.2) is 50.4 Å². The zero-order valence-electron chi connectivity index (χ0n) is 18.2. The van der Waals surface area contributed by atoms with Crippen molar-refractivity contribution in [2.24, 2.45) is 0 Å². The molecule has 2 aromatic heterocycles.